The highest BCUT2D eigenvalue weighted by molar-refractivity contribution is 5.68. The Hall–Kier alpha value is -1.85. The summed E-state index contributed by atoms with van der Waals surface area (Å²) in [5, 5.41) is 0. The number of hydrogen-bond acceptors (Lipinski definition) is 6. The van der Waals surface area contributed by atoms with Crippen molar-refractivity contribution in [2.45, 2.75) is 125 Å². The molecule has 6 heteroatoms. The highest BCUT2D eigenvalue weighted by atomic mass is 16.6. The molecule has 0 spiro atoms. The first-order valence-electron chi connectivity index (χ1n) is 15.5. The van der Waals surface area contributed by atoms with Gasteiger partial charge in [-0.2, -0.15) is 0 Å². The van der Waals surface area contributed by atoms with E-state index in [1.54, 1.807) is 0 Å². The average molecular weight is 545 g/mol. The Labute approximate surface area is 236 Å². The lowest BCUT2D eigenvalue weighted by Crippen LogP contribution is -2.55. The average Bonchev–Trinajstić information content (AvgIpc) is 3.19. The molecule has 0 aromatic heterocycles. The molecule has 0 saturated heterocycles. The van der Waals surface area contributed by atoms with E-state index in [4.69, 9.17) is 14.2 Å². The fourth-order valence-electron chi connectivity index (χ4n) is 9.56. The predicted octanol–water partition coefficient (Wildman–Crippen LogP) is 7.04. The van der Waals surface area contributed by atoms with E-state index in [0.29, 0.717) is 42.1 Å². The van der Waals surface area contributed by atoms with Crippen molar-refractivity contribution in [1.29, 1.82) is 0 Å². The van der Waals surface area contributed by atoms with E-state index in [2.05, 4.69) is 33.8 Å². The summed E-state index contributed by atoms with van der Waals surface area (Å²) in [5.74, 6) is 2.69. The summed E-state index contributed by atoms with van der Waals surface area (Å²) in [6.45, 7) is 14.4. The van der Waals surface area contributed by atoms with Crippen LogP contribution < -0.4 is 0 Å². The number of esters is 3. The molecule has 4 aliphatic rings. The lowest BCUT2D eigenvalue weighted by Gasteiger charge is -2.59. The van der Waals surface area contributed by atoms with Gasteiger partial charge in [-0.1, -0.05) is 46.6 Å². The van der Waals surface area contributed by atoms with E-state index in [0.717, 1.165) is 25.7 Å². The molecule has 4 rings (SSSR count). The molecule has 220 valence electrons. The van der Waals surface area contributed by atoms with Gasteiger partial charge in [0.2, 0.25) is 0 Å². The van der Waals surface area contributed by atoms with Gasteiger partial charge in [0.05, 0.1) is 6.61 Å². The monoisotopic (exact) mass is 544 g/mol. The van der Waals surface area contributed by atoms with Crippen LogP contribution in [0.3, 0.4) is 0 Å². The molecule has 0 aromatic carbocycles. The maximum atomic E-state index is 12.1. The fourth-order valence-corrected chi connectivity index (χ4v) is 9.56. The van der Waals surface area contributed by atoms with Crippen LogP contribution in [0.25, 0.3) is 0 Å². The molecule has 0 heterocycles. The molecular formula is C33H52O6. The van der Waals surface area contributed by atoms with Crippen molar-refractivity contribution < 1.29 is 28.6 Å². The van der Waals surface area contributed by atoms with E-state index >= 15 is 0 Å². The van der Waals surface area contributed by atoms with E-state index in [-0.39, 0.29) is 28.7 Å². The van der Waals surface area contributed by atoms with Gasteiger partial charge in [-0.3, -0.25) is 14.4 Å². The van der Waals surface area contributed by atoms with Crippen LogP contribution in [0.5, 0.6) is 0 Å². The van der Waals surface area contributed by atoms with Gasteiger partial charge in [-0.25, -0.2) is 0 Å². The standard InChI is InChI=1S/C33H52O6/c1-20(2)9-8-10-24(19-37-21(3)34)26-13-14-27-25-11-12-29-31(39-23(5)36)30(38-22(4)35)16-18-33(29,7)28(25)15-17-32(26,27)6/h12,20,24-28,30-31H,8-11,13-19H2,1-7H3/t24-,25-,26+,27-,28-,30+,31+,32+,33+/m0/s1. The number of hydrogen-bond donors (Lipinski definition) is 0. The van der Waals surface area contributed by atoms with Gasteiger partial charge in [0.1, 0.15) is 6.10 Å². The summed E-state index contributed by atoms with van der Waals surface area (Å²) in [7, 11) is 0. The summed E-state index contributed by atoms with van der Waals surface area (Å²) < 4.78 is 17.2. The first kappa shape index (κ1) is 30.1. The predicted molar refractivity (Wildman–Crippen MR) is 150 cm³/mol. The summed E-state index contributed by atoms with van der Waals surface area (Å²) in [6, 6.07) is 0. The molecule has 0 aliphatic heterocycles. The topological polar surface area (TPSA) is 78.9 Å². The second-order valence-electron chi connectivity index (χ2n) is 14.0. The van der Waals surface area contributed by atoms with Crippen LogP contribution in [-0.2, 0) is 28.6 Å². The molecular weight excluding hydrogens is 492 g/mol. The van der Waals surface area contributed by atoms with Crippen LogP contribution in [0.2, 0.25) is 0 Å². The molecule has 0 aromatic rings. The summed E-state index contributed by atoms with van der Waals surface area (Å²) >= 11 is 0. The SMILES string of the molecule is CC(=O)OC[C@H](CCCC(C)C)[C@H]1CC[C@H]2[C@@H]3CC=C4[C@@H](OC(C)=O)[C@H](OC(C)=O)CC[C@]4(C)[C@H]3CC[C@]12C. The van der Waals surface area contributed by atoms with Crippen molar-refractivity contribution in [3.63, 3.8) is 0 Å². The van der Waals surface area contributed by atoms with Crippen LogP contribution in [0.1, 0.15) is 113 Å². The molecule has 9 atom stereocenters. The van der Waals surface area contributed by atoms with Crippen molar-refractivity contribution in [3.05, 3.63) is 11.6 Å². The van der Waals surface area contributed by atoms with Crippen LogP contribution in [-0.4, -0.2) is 36.7 Å². The maximum absolute atomic E-state index is 12.1. The molecule has 4 aliphatic carbocycles. The minimum Gasteiger partial charge on any atom is -0.466 e. The smallest absolute Gasteiger partial charge is 0.303 e. The Bertz CT molecular complexity index is 954. The van der Waals surface area contributed by atoms with Gasteiger partial charge in [0.25, 0.3) is 0 Å². The Kier molecular flexibility index (Phi) is 9.22. The minimum absolute atomic E-state index is 0.0481. The summed E-state index contributed by atoms with van der Waals surface area (Å²) in [5.41, 5.74) is 1.39. The second-order valence-corrected chi connectivity index (χ2v) is 14.0. The van der Waals surface area contributed by atoms with Crippen LogP contribution in [0.15, 0.2) is 11.6 Å². The molecule has 0 N–H and O–H groups in total. The summed E-state index contributed by atoms with van der Waals surface area (Å²) in [4.78, 5) is 35.7. The highest BCUT2D eigenvalue weighted by Gasteiger charge is 2.61. The third kappa shape index (κ3) is 6.10. The van der Waals surface area contributed by atoms with E-state index in [9.17, 15) is 14.4 Å². The van der Waals surface area contributed by atoms with Crippen LogP contribution in [0.4, 0.5) is 0 Å². The first-order chi connectivity index (χ1) is 18.4. The number of fused-ring (bicyclic) bond motifs is 5. The molecule has 3 fully saturated rings. The largest absolute Gasteiger partial charge is 0.466 e. The normalized spacial score (nSPS) is 38.1. The van der Waals surface area contributed by atoms with Gasteiger partial charge >= 0.3 is 17.9 Å². The van der Waals surface area contributed by atoms with Crippen molar-refractivity contribution in [2.75, 3.05) is 6.61 Å². The van der Waals surface area contributed by atoms with E-state index in [1.807, 2.05) is 0 Å². The molecule has 0 amide bonds. The van der Waals surface area contributed by atoms with Gasteiger partial charge in [0, 0.05) is 20.8 Å². The molecule has 3 saturated carbocycles. The minimum atomic E-state index is -0.482. The summed E-state index contributed by atoms with van der Waals surface area (Å²) in [6.07, 6.45) is 12.5. The van der Waals surface area contributed by atoms with Gasteiger partial charge < -0.3 is 14.2 Å². The number of carbonyl (C=O) groups is 3. The quantitative estimate of drug-likeness (QED) is 0.176. The van der Waals surface area contributed by atoms with Gasteiger partial charge in [0.15, 0.2) is 6.10 Å². The Balaban J connectivity index is 1.57. The number of ether oxygens (including phenoxy) is 3. The van der Waals surface area contributed by atoms with Crippen LogP contribution >= 0.6 is 0 Å². The highest BCUT2D eigenvalue weighted by Crippen LogP contribution is 2.67. The number of rotatable bonds is 9. The first-order valence-corrected chi connectivity index (χ1v) is 15.5. The number of allylic oxidation sites excluding steroid dienone is 1. The van der Waals surface area contributed by atoms with Crippen molar-refractivity contribution in [2.24, 2.45) is 46.3 Å². The maximum Gasteiger partial charge on any atom is 0.303 e. The van der Waals surface area contributed by atoms with E-state index < -0.39 is 12.2 Å². The lowest BCUT2D eigenvalue weighted by atomic mass is 9.46. The Morgan fingerprint density at radius 2 is 1.62 bits per heavy atom. The Morgan fingerprint density at radius 1 is 0.897 bits per heavy atom. The van der Waals surface area contributed by atoms with Gasteiger partial charge in [-0.15, -0.1) is 0 Å². The zero-order valence-electron chi connectivity index (χ0n) is 25.4. The van der Waals surface area contributed by atoms with Crippen molar-refractivity contribution in [1.82, 2.24) is 0 Å². The third-order valence-corrected chi connectivity index (χ3v) is 11.2. The zero-order valence-corrected chi connectivity index (χ0v) is 25.4. The molecule has 6 nitrogen and oxygen atoms in total. The van der Waals surface area contributed by atoms with Crippen molar-refractivity contribution in [3.8, 4) is 0 Å². The molecule has 0 unspecified atom stereocenters. The second kappa shape index (κ2) is 11.9. The van der Waals surface area contributed by atoms with E-state index in [1.165, 1.54) is 64.9 Å². The Morgan fingerprint density at radius 3 is 2.26 bits per heavy atom. The van der Waals surface area contributed by atoms with Crippen LogP contribution in [0, 0.1) is 46.3 Å². The molecule has 39 heavy (non-hydrogen) atoms. The third-order valence-electron chi connectivity index (χ3n) is 11.2. The molecule has 0 bridgehead atoms. The lowest BCUT2D eigenvalue weighted by molar-refractivity contribution is -0.170. The van der Waals surface area contributed by atoms with Crippen molar-refractivity contribution >= 4 is 17.9 Å². The number of carbonyl (C=O) groups excluding carboxylic acids is 3. The van der Waals surface area contributed by atoms with Gasteiger partial charge in [-0.05, 0) is 103 Å². The fraction of sp³-hybridized carbons (Fsp3) is 0.848. The zero-order chi connectivity index (χ0) is 28.5. The molecule has 0 radical (unpaired) electrons.